The molecule has 0 saturated carbocycles. The van der Waals surface area contributed by atoms with Crippen LogP contribution in [0.3, 0.4) is 0 Å². The van der Waals surface area contributed by atoms with Crippen LogP contribution < -0.4 is 0 Å². The minimum atomic E-state index is 0.536. The van der Waals surface area contributed by atoms with Gasteiger partial charge in [-0.15, -0.1) is 10.2 Å². The van der Waals surface area contributed by atoms with Crippen molar-refractivity contribution in [3.8, 4) is 5.95 Å². The molecule has 7 nitrogen and oxygen atoms in total. The summed E-state index contributed by atoms with van der Waals surface area (Å²) in [6, 6.07) is 5.58. The lowest BCUT2D eigenvalue weighted by atomic mass is 10.4. The van der Waals surface area contributed by atoms with Crippen molar-refractivity contribution in [2.75, 3.05) is 0 Å². The maximum atomic E-state index is 5.18. The van der Waals surface area contributed by atoms with Crippen molar-refractivity contribution in [3.63, 3.8) is 0 Å². The molecule has 0 atom stereocenters. The standard InChI is InChI=1S/C12H12N6O/c1-9-6-10(2)18(16-9)12-15-13-8-17(12)14-7-11-4-3-5-19-11/h3-8H,1-2H3. The Hall–Kier alpha value is -2.70. The highest BCUT2D eigenvalue weighted by atomic mass is 16.3. The molecule has 19 heavy (non-hydrogen) atoms. The van der Waals surface area contributed by atoms with Crippen LogP contribution in [0.4, 0.5) is 0 Å². The molecule has 0 unspecified atom stereocenters. The maximum Gasteiger partial charge on any atom is 0.273 e. The lowest BCUT2D eigenvalue weighted by Gasteiger charge is -2.01. The van der Waals surface area contributed by atoms with Crippen molar-refractivity contribution >= 4 is 6.21 Å². The second kappa shape index (κ2) is 4.52. The molecule has 3 heterocycles. The first-order valence-corrected chi connectivity index (χ1v) is 5.75. The molecule has 0 amide bonds. The zero-order chi connectivity index (χ0) is 13.2. The topological polar surface area (TPSA) is 74.0 Å². The van der Waals surface area contributed by atoms with Crippen LogP contribution >= 0.6 is 0 Å². The summed E-state index contributed by atoms with van der Waals surface area (Å²) >= 11 is 0. The van der Waals surface area contributed by atoms with Gasteiger partial charge in [0.2, 0.25) is 0 Å². The Morgan fingerprint density at radius 1 is 1.37 bits per heavy atom. The Balaban J connectivity index is 1.97. The molecule has 0 aliphatic rings. The molecule has 0 aliphatic heterocycles. The van der Waals surface area contributed by atoms with Gasteiger partial charge >= 0.3 is 0 Å². The molecule has 7 heteroatoms. The first kappa shape index (κ1) is 11.4. The van der Waals surface area contributed by atoms with Gasteiger partial charge in [0.25, 0.3) is 5.95 Å². The van der Waals surface area contributed by atoms with Crippen LogP contribution in [-0.4, -0.2) is 30.9 Å². The van der Waals surface area contributed by atoms with E-state index in [1.165, 1.54) is 6.33 Å². The van der Waals surface area contributed by atoms with Gasteiger partial charge in [0.05, 0.1) is 18.2 Å². The van der Waals surface area contributed by atoms with Crippen molar-refractivity contribution in [1.82, 2.24) is 24.7 Å². The van der Waals surface area contributed by atoms with E-state index < -0.39 is 0 Å². The lowest BCUT2D eigenvalue weighted by Crippen LogP contribution is -2.06. The van der Waals surface area contributed by atoms with Crippen LogP contribution in [0.5, 0.6) is 0 Å². The Labute approximate surface area is 109 Å². The fourth-order valence-corrected chi connectivity index (χ4v) is 1.76. The highest BCUT2D eigenvalue weighted by Gasteiger charge is 2.10. The van der Waals surface area contributed by atoms with Crippen LogP contribution in [0.25, 0.3) is 5.95 Å². The number of nitrogens with zero attached hydrogens (tertiary/aromatic N) is 6. The molecule has 3 rings (SSSR count). The fourth-order valence-electron chi connectivity index (χ4n) is 1.76. The summed E-state index contributed by atoms with van der Waals surface area (Å²) in [6.07, 6.45) is 4.71. The number of hydrogen-bond acceptors (Lipinski definition) is 5. The second-order valence-corrected chi connectivity index (χ2v) is 4.07. The van der Waals surface area contributed by atoms with Crippen LogP contribution in [0.2, 0.25) is 0 Å². The van der Waals surface area contributed by atoms with Gasteiger partial charge < -0.3 is 4.42 Å². The zero-order valence-electron chi connectivity index (χ0n) is 10.6. The summed E-state index contributed by atoms with van der Waals surface area (Å²) in [7, 11) is 0. The highest BCUT2D eigenvalue weighted by Crippen LogP contribution is 2.09. The number of hydrogen-bond donors (Lipinski definition) is 0. The fraction of sp³-hybridized carbons (Fsp3) is 0.167. The molecule has 3 aromatic heterocycles. The summed E-state index contributed by atoms with van der Waals surface area (Å²) in [4.78, 5) is 0. The van der Waals surface area contributed by atoms with Gasteiger partial charge in [-0.3, -0.25) is 0 Å². The molecule has 0 fully saturated rings. The number of furan rings is 1. The van der Waals surface area contributed by atoms with Crippen molar-refractivity contribution in [2.24, 2.45) is 5.10 Å². The molecule has 0 saturated heterocycles. The Kier molecular flexibility index (Phi) is 2.71. The Bertz CT molecular complexity index is 706. The first-order valence-electron chi connectivity index (χ1n) is 5.75. The Morgan fingerprint density at radius 2 is 2.26 bits per heavy atom. The van der Waals surface area contributed by atoms with Crippen molar-refractivity contribution < 1.29 is 4.42 Å². The minimum Gasteiger partial charge on any atom is -0.463 e. The minimum absolute atomic E-state index is 0.536. The molecule has 96 valence electrons. The van der Waals surface area contributed by atoms with Gasteiger partial charge in [0.1, 0.15) is 12.1 Å². The van der Waals surface area contributed by atoms with Crippen molar-refractivity contribution in [1.29, 1.82) is 0 Å². The summed E-state index contributed by atoms with van der Waals surface area (Å²) in [5, 5.41) is 16.5. The van der Waals surface area contributed by atoms with E-state index >= 15 is 0 Å². The molecule has 0 radical (unpaired) electrons. The predicted molar refractivity (Wildman–Crippen MR) is 68.3 cm³/mol. The van der Waals surface area contributed by atoms with E-state index in [-0.39, 0.29) is 0 Å². The van der Waals surface area contributed by atoms with E-state index in [0.717, 1.165) is 11.4 Å². The van der Waals surface area contributed by atoms with E-state index in [1.807, 2.05) is 26.0 Å². The molecular formula is C12H12N6O. The number of aryl methyl sites for hydroxylation is 2. The SMILES string of the molecule is Cc1cc(C)n(-c2nncn2N=Cc2ccco2)n1. The maximum absolute atomic E-state index is 5.18. The summed E-state index contributed by atoms with van der Waals surface area (Å²) < 4.78 is 8.42. The van der Waals surface area contributed by atoms with E-state index in [4.69, 9.17) is 4.42 Å². The van der Waals surface area contributed by atoms with Crippen LogP contribution in [0.15, 0.2) is 40.3 Å². The van der Waals surface area contributed by atoms with Crippen LogP contribution in [-0.2, 0) is 0 Å². The average Bonchev–Trinajstić information content (AvgIpc) is 3.07. The van der Waals surface area contributed by atoms with E-state index in [0.29, 0.717) is 11.7 Å². The molecule has 0 bridgehead atoms. The first-order chi connectivity index (χ1) is 9.24. The van der Waals surface area contributed by atoms with E-state index in [9.17, 15) is 0 Å². The van der Waals surface area contributed by atoms with Crippen molar-refractivity contribution in [2.45, 2.75) is 13.8 Å². The van der Waals surface area contributed by atoms with E-state index in [1.54, 1.807) is 27.9 Å². The summed E-state index contributed by atoms with van der Waals surface area (Å²) in [5.74, 6) is 1.20. The van der Waals surface area contributed by atoms with E-state index in [2.05, 4.69) is 20.4 Å². The summed E-state index contributed by atoms with van der Waals surface area (Å²) in [5.41, 5.74) is 1.89. The third kappa shape index (κ3) is 2.17. The van der Waals surface area contributed by atoms with Crippen molar-refractivity contribution in [3.05, 3.63) is 47.9 Å². The molecule has 0 aliphatic carbocycles. The molecular weight excluding hydrogens is 244 g/mol. The van der Waals surface area contributed by atoms with Gasteiger partial charge in [0, 0.05) is 5.69 Å². The van der Waals surface area contributed by atoms with Gasteiger partial charge in [0.15, 0.2) is 0 Å². The molecule has 3 aromatic rings. The molecule has 0 N–H and O–H groups in total. The van der Waals surface area contributed by atoms with Crippen LogP contribution in [0, 0.1) is 13.8 Å². The van der Waals surface area contributed by atoms with Gasteiger partial charge in [-0.25, -0.2) is 4.68 Å². The van der Waals surface area contributed by atoms with Gasteiger partial charge in [-0.2, -0.15) is 14.9 Å². The zero-order valence-corrected chi connectivity index (χ0v) is 10.6. The lowest BCUT2D eigenvalue weighted by molar-refractivity contribution is 0.559. The summed E-state index contributed by atoms with van der Waals surface area (Å²) in [6.45, 7) is 3.88. The van der Waals surface area contributed by atoms with Gasteiger partial charge in [-0.05, 0) is 32.0 Å². The molecule has 0 aromatic carbocycles. The largest absolute Gasteiger partial charge is 0.463 e. The third-order valence-electron chi connectivity index (χ3n) is 2.56. The second-order valence-electron chi connectivity index (χ2n) is 4.07. The van der Waals surface area contributed by atoms with Crippen LogP contribution in [0.1, 0.15) is 17.1 Å². The quantitative estimate of drug-likeness (QED) is 0.666. The Morgan fingerprint density at radius 3 is 2.95 bits per heavy atom. The smallest absolute Gasteiger partial charge is 0.273 e. The average molecular weight is 256 g/mol. The number of aromatic nitrogens is 5. The third-order valence-corrected chi connectivity index (χ3v) is 2.56. The monoisotopic (exact) mass is 256 g/mol. The van der Waals surface area contributed by atoms with Gasteiger partial charge in [-0.1, -0.05) is 0 Å². The normalized spacial score (nSPS) is 11.5. The molecule has 0 spiro atoms. The predicted octanol–water partition coefficient (Wildman–Crippen LogP) is 1.56. The number of rotatable bonds is 3. The highest BCUT2D eigenvalue weighted by molar-refractivity contribution is 5.75.